The molecule has 0 bridgehead atoms. The first kappa shape index (κ1) is 63.5. The number of carboxylic acid groups (broad SMARTS) is 1. The van der Waals surface area contributed by atoms with Crippen LogP contribution in [-0.4, -0.2) is 107 Å². The van der Waals surface area contributed by atoms with Gasteiger partial charge in [-0.1, -0.05) is 14.4 Å². The van der Waals surface area contributed by atoms with Crippen LogP contribution in [-0.2, 0) is 39.9 Å². The molecular formula is C56H53FNO23+. The van der Waals surface area contributed by atoms with Crippen molar-refractivity contribution in [2.24, 2.45) is 0 Å². The van der Waals surface area contributed by atoms with Gasteiger partial charge in [-0.3, -0.25) is 28.5 Å². The van der Waals surface area contributed by atoms with E-state index in [0.29, 0.717) is 33.7 Å². The van der Waals surface area contributed by atoms with Crippen LogP contribution in [0.25, 0.3) is 43.9 Å². The molecule has 2 N–H and O–H groups in total. The number of nitrogens with zero attached hydrogens (tertiary/aromatic N) is 1. The number of carboxylic acids is 1. The molecule has 0 amide bonds. The van der Waals surface area contributed by atoms with E-state index in [9.17, 15) is 43.1 Å². The molecule has 426 valence electrons. The van der Waals surface area contributed by atoms with E-state index in [2.05, 4.69) is 0 Å². The third kappa shape index (κ3) is 17.2. The van der Waals surface area contributed by atoms with Crippen LogP contribution in [0.4, 0.5) is 10.1 Å². The van der Waals surface area contributed by atoms with Crippen LogP contribution in [0.2, 0.25) is 0 Å². The predicted octanol–water partition coefficient (Wildman–Crippen LogP) is 6.25. The number of carbonyl (C=O) groups is 3. The Labute approximate surface area is 456 Å². The second-order valence-electron chi connectivity index (χ2n) is 17.4. The number of rotatable bonds is 18. The minimum atomic E-state index is -1.36. The number of hydrogen-bond acceptors (Lipinski definition) is 22. The Morgan fingerprint density at radius 2 is 1.16 bits per heavy atom. The Kier molecular flexibility index (Phi) is 22.8. The first-order valence-corrected chi connectivity index (χ1v) is 23.6. The van der Waals surface area contributed by atoms with E-state index in [1.165, 1.54) is 49.4 Å². The van der Waals surface area contributed by atoms with E-state index in [0.717, 1.165) is 36.2 Å². The van der Waals surface area contributed by atoms with Gasteiger partial charge in [-0.05, 0) is 43.3 Å². The molecule has 0 aliphatic rings. The van der Waals surface area contributed by atoms with E-state index in [-0.39, 0.29) is 114 Å². The molecule has 0 radical (unpaired) electrons. The monoisotopic (exact) mass is 1130 g/mol. The number of halogens is 1. The van der Waals surface area contributed by atoms with Gasteiger partial charge in [0.25, 0.3) is 0 Å². The highest BCUT2D eigenvalue weighted by molar-refractivity contribution is 5.90. The molecule has 0 aliphatic heterocycles. The van der Waals surface area contributed by atoms with E-state index in [1.54, 1.807) is 19.1 Å². The van der Waals surface area contributed by atoms with Crippen LogP contribution >= 0.6 is 0 Å². The van der Waals surface area contributed by atoms with E-state index in [1.807, 2.05) is 34.1 Å². The van der Waals surface area contributed by atoms with Gasteiger partial charge in [0.1, 0.15) is 106 Å². The van der Waals surface area contributed by atoms with Gasteiger partial charge < -0.3 is 56.3 Å². The Hall–Kier alpha value is -10.1. The van der Waals surface area contributed by atoms with Crippen LogP contribution in [0, 0.1) is 5.82 Å². The molecule has 8 aromatic rings. The molecule has 0 aliphatic carbocycles. The summed E-state index contributed by atoms with van der Waals surface area (Å²) in [6, 6.07) is 18.9. The molecular weight excluding hydrogens is 1070 g/mol. The van der Waals surface area contributed by atoms with Gasteiger partial charge in [-0.15, -0.1) is 0 Å². The van der Waals surface area contributed by atoms with Crippen molar-refractivity contribution < 1.29 is 94.3 Å². The van der Waals surface area contributed by atoms with Crippen LogP contribution < -0.4 is 45.1 Å². The predicted molar refractivity (Wildman–Crippen MR) is 282 cm³/mol. The number of quaternary nitrogens is 1. The SMILES string of the molecule is C.CCOC(=O)c1cc(=O)c2cc(OCC(COc3cc([N+](C)(C)C)cc4oc(CC)cc(=O)c34)OC(C)=O)ccc2o1.O=C(O)c1cc(=O)c2cc(OCC(O)COc3cc([18F])cc4occc(=O)c34)ccc2o1.O=C=O.O=C=O. The number of aliphatic hydroxyl groups is 1. The van der Waals surface area contributed by atoms with E-state index >= 15 is 0 Å². The lowest BCUT2D eigenvalue weighted by atomic mass is 10.1. The average molecular weight is 1130 g/mol. The molecule has 4 aromatic heterocycles. The summed E-state index contributed by atoms with van der Waals surface area (Å²) >= 11 is 0. The number of aryl methyl sites for hydroxylation is 1. The molecule has 0 saturated heterocycles. The van der Waals surface area contributed by atoms with Gasteiger partial charge in [0, 0.05) is 61.9 Å². The molecule has 4 heterocycles. The molecule has 0 fully saturated rings. The highest BCUT2D eigenvalue weighted by Gasteiger charge is 2.23. The van der Waals surface area contributed by atoms with Gasteiger partial charge in [0.05, 0.1) is 44.8 Å². The smallest absolute Gasteiger partial charge is 0.374 e. The van der Waals surface area contributed by atoms with Gasteiger partial charge in [0.15, 0.2) is 27.8 Å². The van der Waals surface area contributed by atoms with Crippen molar-refractivity contribution in [3.63, 3.8) is 0 Å². The summed E-state index contributed by atoms with van der Waals surface area (Å²) < 4.78 is 69.0. The van der Waals surface area contributed by atoms with Crippen molar-refractivity contribution in [1.82, 2.24) is 4.48 Å². The zero-order valence-electron chi connectivity index (χ0n) is 43.4. The first-order chi connectivity index (χ1) is 38.0. The number of benzene rings is 4. The number of fused-ring (bicyclic) bond motifs is 4. The number of aromatic carboxylic acids is 1. The largest absolute Gasteiger partial charge is 0.491 e. The Balaban J connectivity index is 0.000000322. The lowest BCUT2D eigenvalue weighted by molar-refractivity contribution is -0.193. The van der Waals surface area contributed by atoms with Gasteiger partial charge in [0.2, 0.25) is 11.5 Å². The maximum absolute atomic E-state index is 13.8. The normalized spacial score (nSPS) is 11.3. The fourth-order valence-electron chi connectivity index (χ4n) is 7.23. The lowest BCUT2D eigenvalue weighted by Crippen LogP contribution is -2.35. The molecule has 2 atom stereocenters. The quantitative estimate of drug-likeness (QED) is 0.0708. The van der Waals surface area contributed by atoms with Crippen LogP contribution in [0.15, 0.2) is 128 Å². The second kappa shape index (κ2) is 29.1. The fraction of sp³-hybridized carbons (Fsp3) is 0.268. The lowest BCUT2D eigenvalue weighted by Gasteiger charge is -2.25. The minimum absolute atomic E-state index is 0. The van der Waals surface area contributed by atoms with Gasteiger partial charge in [-0.2, -0.15) is 19.2 Å². The number of ether oxygens (including phenoxy) is 6. The van der Waals surface area contributed by atoms with Crippen molar-refractivity contribution in [2.45, 2.75) is 46.8 Å². The molecule has 4 aromatic carbocycles. The number of hydrogen-bond donors (Lipinski definition) is 2. The summed E-state index contributed by atoms with van der Waals surface area (Å²) in [5.74, 6) is -2.69. The van der Waals surface area contributed by atoms with Crippen LogP contribution in [0.3, 0.4) is 0 Å². The highest BCUT2D eigenvalue weighted by Crippen LogP contribution is 2.32. The van der Waals surface area contributed by atoms with E-state index < -0.39 is 58.0 Å². The fourth-order valence-corrected chi connectivity index (χ4v) is 7.23. The average Bonchev–Trinajstić information content (AvgIpc) is 3.41. The molecule has 2 unspecified atom stereocenters. The summed E-state index contributed by atoms with van der Waals surface area (Å²) in [7, 11) is 5.93. The second-order valence-corrected chi connectivity index (χ2v) is 17.4. The number of esters is 2. The zero-order chi connectivity index (χ0) is 58.8. The van der Waals surface area contributed by atoms with Gasteiger partial charge >= 0.3 is 30.2 Å². The van der Waals surface area contributed by atoms with Crippen LogP contribution in [0.1, 0.15) is 55.1 Å². The topological polar surface area (TPSA) is 336 Å². The summed E-state index contributed by atoms with van der Waals surface area (Å²) in [6.45, 7) is 4.17. The number of carbonyl (C=O) groups excluding carboxylic acids is 6. The molecule has 81 heavy (non-hydrogen) atoms. The Morgan fingerprint density at radius 1 is 0.630 bits per heavy atom. The highest BCUT2D eigenvalue weighted by atomic mass is 18.2. The molecule has 24 nitrogen and oxygen atoms in total. The number of aliphatic hydroxyl groups excluding tert-OH is 1. The summed E-state index contributed by atoms with van der Waals surface area (Å²) in [4.78, 5) is 117. The summed E-state index contributed by atoms with van der Waals surface area (Å²) in [5.41, 5.74) is -0.148. The standard InChI is InChI=1S/C31H34NO10.C22H15FO9.2CO2.CH4/c1-7-20-14-25(35)30-27(11-19(32(4,5)6)12-28(30)41-20)39-17-22(40-18(3)33)16-38-21-9-10-26-23(13-21)24(34)15-29(42-26)31(36)37-8-2;23-11-5-18-21(15(25)3-4-29-18)19(6-11)31-10-12(24)9-30-13-1-2-17-14(7-13)16(26)8-20(32-17)22(27)28;2*2-1-3;/h9-15,22H,7-8,16-17H2,1-6H3;1-8,12,24H,9-10H2,(H,27,28);;;1H4/q+1;;;;/i;23-1;;;. The molecule has 8 rings (SSSR count). The van der Waals surface area contributed by atoms with E-state index in [4.69, 9.17) is 70.4 Å². The summed E-state index contributed by atoms with van der Waals surface area (Å²) in [6.07, 6.45) is 0.185. The third-order valence-corrected chi connectivity index (χ3v) is 10.8. The molecule has 25 heteroatoms. The third-order valence-electron chi connectivity index (χ3n) is 10.8. The Bertz CT molecular complexity index is 3860. The van der Waals surface area contributed by atoms with Gasteiger partial charge in [-0.25, -0.2) is 14.0 Å². The van der Waals surface area contributed by atoms with Crippen molar-refractivity contribution in [3.05, 3.63) is 155 Å². The Morgan fingerprint density at radius 3 is 1.73 bits per heavy atom. The molecule has 0 spiro atoms. The molecule has 0 saturated carbocycles. The zero-order valence-corrected chi connectivity index (χ0v) is 43.4. The first-order valence-electron chi connectivity index (χ1n) is 23.6. The van der Waals surface area contributed by atoms with Crippen molar-refractivity contribution in [3.8, 4) is 23.0 Å². The van der Waals surface area contributed by atoms with Crippen molar-refractivity contribution in [1.29, 1.82) is 0 Å². The van der Waals surface area contributed by atoms with Crippen molar-refractivity contribution in [2.75, 3.05) is 54.2 Å². The summed E-state index contributed by atoms with van der Waals surface area (Å²) in [5, 5.41) is 19.7. The maximum atomic E-state index is 13.8. The van der Waals surface area contributed by atoms with Crippen LogP contribution in [0.5, 0.6) is 23.0 Å². The van der Waals surface area contributed by atoms with Crippen molar-refractivity contribution >= 4 is 79.8 Å². The minimum Gasteiger partial charge on any atom is -0.491 e. The maximum Gasteiger partial charge on any atom is 0.374 e.